The highest BCUT2D eigenvalue weighted by Crippen LogP contribution is 2.08. The van der Waals surface area contributed by atoms with Crippen LogP contribution in [0.4, 0.5) is 0 Å². The van der Waals surface area contributed by atoms with Gasteiger partial charge in [0.05, 0.1) is 6.54 Å². The number of Topliss-reactive ketones (excluding diaryl/α,β-unsaturated/α-hetero) is 1. The Balaban J connectivity index is 1.80. The van der Waals surface area contributed by atoms with Crippen molar-refractivity contribution < 1.29 is 19.2 Å². The van der Waals surface area contributed by atoms with Gasteiger partial charge in [0, 0.05) is 63.7 Å². The van der Waals surface area contributed by atoms with Crippen LogP contribution in [0.15, 0.2) is 30.3 Å². The largest absolute Gasteiger partial charge is 0.353 e. The van der Waals surface area contributed by atoms with Gasteiger partial charge < -0.3 is 16.0 Å². The maximum absolute atomic E-state index is 12.9. The molecule has 1 saturated heterocycles. The van der Waals surface area contributed by atoms with Crippen LogP contribution in [0, 0.1) is 0 Å². The van der Waals surface area contributed by atoms with Gasteiger partial charge in [-0.05, 0) is 38.8 Å². The van der Waals surface area contributed by atoms with E-state index in [4.69, 9.17) is 0 Å². The fourth-order valence-corrected chi connectivity index (χ4v) is 4.35. The van der Waals surface area contributed by atoms with Gasteiger partial charge in [-0.25, -0.2) is 0 Å². The van der Waals surface area contributed by atoms with E-state index in [1.807, 2.05) is 13.0 Å². The number of rotatable bonds is 16. The van der Waals surface area contributed by atoms with E-state index in [1.54, 1.807) is 24.3 Å². The number of amides is 3. The summed E-state index contributed by atoms with van der Waals surface area (Å²) in [6, 6.07) is 8.55. The molecule has 1 atom stereocenters. The lowest BCUT2D eigenvalue weighted by Crippen LogP contribution is -2.52. The molecule has 206 valence electrons. The average Bonchev–Trinajstić information content (AvgIpc) is 2.91. The molecule has 1 aliphatic rings. The summed E-state index contributed by atoms with van der Waals surface area (Å²) in [7, 11) is 0. The maximum atomic E-state index is 12.9. The van der Waals surface area contributed by atoms with Gasteiger partial charge in [-0.2, -0.15) is 0 Å². The van der Waals surface area contributed by atoms with E-state index in [2.05, 4.69) is 39.6 Å². The maximum Gasteiger partial charge on any atom is 0.251 e. The molecule has 1 aromatic carbocycles. The van der Waals surface area contributed by atoms with Gasteiger partial charge in [-0.15, -0.1) is 0 Å². The monoisotopic (exact) mass is 515 g/mol. The third-order valence-corrected chi connectivity index (χ3v) is 6.80. The third kappa shape index (κ3) is 11.9. The molecule has 0 radical (unpaired) electrons. The van der Waals surface area contributed by atoms with Crippen molar-refractivity contribution in [3.8, 4) is 0 Å². The number of carbonyl (C=O) groups excluding carboxylic acids is 4. The quantitative estimate of drug-likeness (QED) is 0.290. The molecule has 37 heavy (non-hydrogen) atoms. The fraction of sp³-hybridized carbons (Fsp3) is 0.643. The number of nitrogens with zero attached hydrogens (tertiary/aromatic N) is 2. The van der Waals surface area contributed by atoms with Crippen LogP contribution >= 0.6 is 0 Å². The van der Waals surface area contributed by atoms with E-state index >= 15 is 0 Å². The fourth-order valence-electron chi connectivity index (χ4n) is 4.35. The molecule has 3 amide bonds. The van der Waals surface area contributed by atoms with Crippen LogP contribution in [0.5, 0.6) is 0 Å². The summed E-state index contributed by atoms with van der Waals surface area (Å²) in [5.41, 5.74) is 0.473. The van der Waals surface area contributed by atoms with Gasteiger partial charge in [0.2, 0.25) is 11.8 Å². The molecule has 1 unspecified atom stereocenters. The molecule has 1 heterocycles. The lowest BCUT2D eigenvalue weighted by Gasteiger charge is -2.36. The normalized spacial score (nSPS) is 15.2. The van der Waals surface area contributed by atoms with E-state index in [9.17, 15) is 19.2 Å². The average molecular weight is 516 g/mol. The van der Waals surface area contributed by atoms with E-state index in [0.29, 0.717) is 37.4 Å². The first-order valence-electron chi connectivity index (χ1n) is 13.7. The number of carbonyl (C=O) groups is 4. The molecule has 0 bridgehead atoms. The number of unbranched alkanes of at least 4 members (excludes halogenated alkanes) is 2. The Morgan fingerprint density at radius 3 is 2.27 bits per heavy atom. The van der Waals surface area contributed by atoms with Crippen molar-refractivity contribution in [3.05, 3.63) is 35.9 Å². The Morgan fingerprint density at radius 2 is 1.62 bits per heavy atom. The van der Waals surface area contributed by atoms with E-state index in [1.165, 1.54) is 0 Å². The standard InChI is InChI=1S/C28H45N5O4/c1-4-24(34)13-9-6-10-14-25(31-26(35)21-30-27(36)23-11-7-5-8-12-23)28(37)29-15-16-32-17-19-33(20-18-32)22(2)3/h5,7-8,11-12,22,25H,4,6,9-10,13-21H2,1-3H3,(H,29,37)(H,30,36)(H,31,35). The van der Waals surface area contributed by atoms with Gasteiger partial charge in [-0.3, -0.25) is 29.0 Å². The number of piperazine rings is 1. The Labute approximate surface area is 221 Å². The number of nitrogens with one attached hydrogen (secondary N) is 3. The molecular formula is C28H45N5O4. The number of hydrogen-bond donors (Lipinski definition) is 3. The first-order valence-corrected chi connectivity index (χ1v) is 13.7. The molecule has 0 spiro atoms. The van der Waals surface area contributed by atoms with Gasteiger partial charge in [0.25, 0.3) is 5.91 Å². The summed E-state index contributed by atoms with van der Waals surface area (Å²) in [6.45, 7) is 11.4. The molecule has 0 aliphatic carbocycles. The first-order chi connectivity index (χ1) is 17.8. The Morgan fingerprint density at radius 1 is 0.919 bits per heavy atom. The summed E-state index contributed by atoms with van der Waals surface area (Å²) in [6.07, 6.45) is 3.90. The van der Waals surface area contributed by atoms with Crippen LogP contribution in [-0.4, -0.2) is 91.2 Å². The minimum Gasteiger partial charge on any atom is -0.353 e. The highest BCUT2D eigenvalue weighted by Gasteiger charge is 2.22. The second-order valence-corrected chi connectivity index (χ2v) is 9.92. The van der Waals surface area contributed by atoms with E-state index in [0.717, 1.165) is 52.0 Å². The van der Waals surface area contributed by atoms with Crippen molar-refractivity contribution in [2.45, 2.75) is 71.4 Å². The topological polar surface area (TPSA) is 111 Å². The van der Waals surface area contributed by atoms with Crippen LogP contribution in [-0.2, 0) is 14.4 Å². The van der Waals surface area contributed by atoms with Gasteiger partial charge in [0.1, 0.15) is 11.8 Å². The summed E-state index contributed by atoms with van der Waals surface area (Å²) in [5, 5.41) is 8.37. The van der Waals surface area contributed by atoms with Crippen molar-refractivity contribution in [2.24, 2.45) is 0 Å². The highest BCUT2D eigenvalue weighted by atomic mass is 16.2. The molecule has 1 fully saturated rings. The molecule has 2 rings (SSSR count). The summed E-state index contributed by atoms with van der Waals surface area (Å²) < 4.78 is 0. The van der Waals surface area contributed by atoms with Crippen LogP contribution in [0.1, 0.15) is 69.7 Å². The first kappa shape index (κ1) is 30.4. The zero-order chi connectivity index (χ0) is 27.0. The third-order valence-electron chi connectivity index (χ3n) is 6.80. The predicted molar refractivity (Wildman–Crippen MR) is 145 cm³/mol. The van der Waals surface area contributed by atoms with Crippen molar-refractivity contribution in [1.82, 2.24) is 25.8 Å². The SMILES string of the molecule is CCC(=O)CCCCCC(NC(=O)CNC(=O)c1ccccc1)C(=O)NCCN1CCN(C(C)C)CC1. The minimum absolute atomic E-state index is 0.206. The van der Waals surface area contributed by atoms with Crippen molar-refractivity contribution in [1.29, 1.82) is 0 Å². The zero-order valence-electron chi connectivity index (χ0n) is 22.8. The van der Waals surface area contributed by atoms with Crippen LogP contribution in [0.2, 0.25) is 0 Å². The van der Waals surface area contributed by atoms with Crippen molar-refractivity contribution >= 4 is 23.5 Å². The molecular weight excluding hydrogens is 470 g/mol. The van der Waals surface area contributed by atoms with E-state index in [-0.39, 0.29) is 24.1 Å². The smallest absolute Gasteiger partial charge is 0.251 e. The molecule has 9 heteroatoms. The van der Waals surface area contributed by atoms with Crippen molar-refractivity contribution in [2.75, 3.05) is 45.8 Å². The zero-order valence-corrected chi connectivity index (χ0v) is 22.8. The molecule has 9 nitrogen and oxygen atoms in total. The van der Waals surface area contributed by atoms with Crippen LogP contribution < -0.4 is 16.0 Å². The highest BCUT2D eigenvalue weighted by molar-refractivity contribution is 5.97. The van der Waals surface area contributed by atoms with Crippen LogP contribution in [0.3, 0.4) is 0 Å². The summed E-state index contributed by atoms with van der Waals surface area (Å²) >= 11 is 0. The van der Waals surface area contributed by atoms with E-state index < -0.39 is 11.9 Å². The van der Waals surface area contributed by atoms with Crippen LogP contribution in [0.25, 0.3) is 0 Å². The Hall–Kier alpha value is -2.78. The minimum atomic E-state index is -0.680. The number of ketones is 1. The lowest BCUT2D eigenvalue weighted by molar-refractivity contribution is -0.128. The molecule has 0 saturated carbocycles. The van der Waals surface area contributed by atoms with Crippen molar-refractivity contribution in [3.63, 3.8) is 0 Å². The predicted octanol–water partition coefficient (Wildman–Crippen LogP) is 1.97. The summed E-state index contributed by atoms with van der Waals surface area (Å²) in [5.74, 6) is -0.718. The molecule has 1 aliphatic heterocycles. The number of benzene rings is 1. The number of hydrogen-bond acceptors (Lipinski definition) is 6. The lowest BCUT2D eigenvalue weighted by atomic mass is 10.0. The molecule has 3 N–H and O–H groups in total. The second-order valence-electron chi connectivity index (χ2n) is 9.92. The van der Waals surface area contributed by atoms with Gasteiger partial charge >= 0.3 is 0 Å². The van der Waals surface area contributed by atoms with Gasteiger partial charge in [-0.1, -0.05) is 38.0 Å². The second kappa shape index (κ2) is 16.9. The Bertz CT molecular complexity index is 853. The Kier molecular flexibility index (Phi) is 13.9. The van der Waals surface area contributed by atoms with Gasteiger partial charge in [0.15, 0.2) is 0 Å². The molecule has 0 aromatic heterocycles. The summed E-state index contributed by atoms with van der Waals surface area (Å²) in [4.78, 5) is 54.1. The molecule has 1 aromatic rings.